The summed E-state index contributed by atoms with van der Waals surface area (Å²) in [6, 6.07) is 6.59. The van der Waals surface area contributed by atoms with Crippen LogP contribution in [0.5, 0.6) is 0 Å². The lowest BCUT2D eigenvalue weighted by atomic mass is 9.69. The number of carboxylic acid groups (broad SMARTS) is 1. The zero-order chi connectivity index (χ0) is 11.8. The van der Waals surface area contributed by atoms with Crippen LogP contribution in [0.1, 0.15) is 48.3 Å². The van der Waals surface area contributed by atoms with E-state index in [2.05, 4.69) is 18.2 Å². The minimum Gasteiger partial charge on any atom is -0.481 e. The molecule has 1 aromatic rings. The Morgan fingerprint density at radius 1 is 1.35 bits per heavy atom. The van der Waals surface area contributed by atoms with Crippen LogP contribution in [0, 0.1) is 5.92 Å². The van der Waals surface area contributed by atoms with Crippen molar-refractivity contribution in [3.05, 3.63) is 34.9 Å². The Bertz CT molecular complexity index is 450. The second-order valence-electron chi connectivity index (χ2n) is 5.48. The van der Waals surface area contributed by atoms with Gasteiger partial charge in [0, 0.05) is 6.42 Å². The zero-order valence-electron chi connectivity index (χ0n) is 9.98. The zero-order valence-corrected chi connectivity index (χ0v) is 9.98. The van der Waals surface area contributed by atoms with Crippen LogP contribution in [0.25, 0.3) is 0 Å². The number of rotatable bonds is 2. The molecule has 90 valence electrons. The van der Waals surface area contributed by atoms with Gasteiger partial charge in [-0.05, 0) is 60.6 Å². The van der Waals surface area contributed by atoms with Gasteiger partial charge >= 0.3 is 5.97 Å². The normalized spacial score (nSPS) is 26.4. The molecule has 0 bridgehead atoms. The standard InChI is InChI=1S/C15H18O2/c16-14(17)9-10-7-12-5-1-3-11-4-2-6-13(8-10)15(11)12/h1,3,5,10,13H,2,4,6-9H2,(H,16,17)/t10-,13-/m1/s1. The number of aliphatic carboxylic acids is 1. The number of benzene rings is 1. The predicted molar refractivity (Wildman–Crippen MR) is 66.2 cm³/mol. The molecule has 2 aliphatic carbocycles. The van der Waals surface area contributed by atoms with Gasteiger partial charge in [-0.25, -0.2) is 0 Å². The van der Waals surface area contributed by atoms with Gasteiger partial charge in [0.25, 0.3) is 0 Å². The van der Waals surface area contributed by atoms with Crippen LogP contribution >= 0.6 is 0 Å². The average Bonchev–Trinajstić information content (AvgIpc) is 2.28. The highest BCUT2D eigenvalue weighted by Gasteiger charge is 2.31. The third-order valence-electron chi connectivity index (χ3n) is 4.28. The van der Waals surface area contributed by atoms with E-state index in [0.717, 1.165) is 12.8 Å². The summed E-state index contributed by atoms with van der Waals surface area (Å²) in [6.07, 6.45) is 6.10. The summed E-state index contributed by atoms with van der Waals surface area (Å²) < 4.78 is 0. The number of aryl methyl sites for hydroxylation is 1. The molecule has 2 heteroatoms. The third kappa shape index (κ3) is 1.97. The molecule has 0 aliphatic heterocycles. The summed E-state index contributed by atoms with van der Waals surface area (Å²) in [4.78, 5) is 10.9. The predicted octanol–water partition coefficient (Wildman–Crippen LogP) is 3.14. The highest BCUT2D eigenvalue weighted by atomic mass is 16.4. The molecule has 0 saturated heterocycles. The Morgan fingerprint density at radius 3 is 3.00 bits per heavy atom. The van der Waals surface area contributed by atoms with E-state index in [1.165, 1.54) is 30.4 Å². The van der Waals surface area contributed by atoms with Crippen molar-refractivity contribution in [2.24, 2.45) is 5.92 Å². The Morgan fingerprint density at radius 2 is 2.18 bits per heavy atom. The average molecular weight is 230 g/mol. The second kappa shape index (κ2) is 4.17. The second-order valence-corrected chi connectivity index (χ2v) is 5.48. The SMILES string of the molecule is O=C(O)C[C@@H]1Cc2cccc3c2[C@H](CCC3)C1. The molecule has 2 atom stereocenters. The lowest BCUT2D eigenvalue weighted by Gasteiger charge is -2.35. The summed E-state index contributed by atoms with van der Waals surface area (Å²) in [7, 11) is 0. The van der Waals surface area contributed by atoms with Gasteiger partial charge in [0.15, 0.2) is 0 Å². The van der Waals surface area contributed by atoms with Crippen LogP contribution in [0.2, 0.25) is 0 Å². The smallest absolute Gasteiger partial charge is 0.303 e. The van der Waals surface area contributed by atoms with Gasteiger partial charge in [0.1, 0.15) is 0 Å². The van der Waals surface area contributed by atoms with Crippen molar-refractivity contribution in [2.75, 3.05) is 0 Å². The topological polar surface area (TPSA) is 37.3 Å². The van der Waals surface area contributed by atoms with Crippen LogP contribution < -0.4 is 0 Å². The van der Waals surface area contributed by atoms with E-state index in [4.69, 9.17) is 5.11 Å². The molecule has 0 saturated carbocycles. The van der Waals surface area contributed by atoms with Crippen molar-refractivity contribution in [3.63, 3.8) is 0 Å². The molecular formula is C15H18O2. The number of hydrogen-bond acceptors (Lipinski definition) is 1. The molecule has 3 rings (SSSR count). The van der Waals surface area contributed by atoms with Gasteiger partial charge in [-0.2, -0.15) is 0 Å². The van der Waals surface area contributed by atoms with E-state index in [9.17, 15) is 4.79 Å². The third-order valence-corrected chi connectivity index (χ3v) is 4.28. The Labute approximate surface area is 102 Å². The van der Waals surface area contributed by atoms with Crippen LogP contribution in [0.3, 0.4) is 0 Å². The fourth-order valence-corrected chi connectivity index (χ4v) is 3.70. The van der Waals surface area contributed by atoms with Crippen molar-refractivity contribution in [1.82, 2.24) is 0 Å². The van der Waals surface area contributed by atoms with Crippen LogP contribution in [-0.2, 0) is 17.6 Å². The maximum absolute atomic E-state index is 10.9. The van der Waals surface area contributed by atoms with Gasteiger partial charge in [-0.15, -0.1) is 0 Å². The molecule has 17 heavy (non-hydrogen) atoms. The van der Waals surface area contributed by atoms with E-state index < -0.39 is 5.97 Å². The highest BCUT2D eigenvalue weighted by Crippen LogP contribution is 2.43. The molecule has 0 amide bonds. The van der Waals surface area contributed by atoms with Crippen molar-refractivity contribution in [1.29, 1.82) is 0 Å². The first-order valence-corrected chi connectivity index (χ1v) is 6.56. The highest BCUT2D eigenvalue weighted by molar-refractivity contribution is 5.67. The summed E-state index contributed by atoms with van der Waals surface area (Å²) >= 11 is 0. The van der Waals surface area contributed by atoms with Crippen molar-refractivity contribution in [2.45, 2.75) is 44.4 Å². The van der Waals surface area contributed by atoms with Crippen molar-refractivity contribution >= 4 is 5.97 Å². The molecule has 0 radical (unpaired) electrons. The van der Waals surface area contributed by atoms with Gasteiger partial charge in [-0.3, -0.25) is 4.79 Å². The number of carboxylic acids is 1. The minimum absolute atomic E-state index is 0.333. The Hall–Kier alpha value is -1.31. The van der Waals surface area contributed by atoms with Crippen LogP contribution in [0.15, 0.2) is 18.2 Å². The summed E-state index contributed by atoms with van der Waals surface area (Å²) in [5.41, 5.74) is 4.51. The lowest BCUT2D eigenvalue weighted by Crippen LogP contribution is -2.24. The summed E-state index contributed by atoms with van der Waals surface area (Å²) in [5.74, 6) is 0.330. The van der Waals surface area contributed by atoms with Crippen molar-refractivity contribution in [3.8, 4) is 0 Å². The summed E-state index contributed by atoms with van der Waals surface area (Å²) in [5, 5.41) is 8.94. The van der Waals surface area contributed by atoms with E-state index in [0.29, 0.717) is 18.3 Å². The fraction of sp³-hybridized carbons (Fsp3) is 0.533. The molecule has 0 fully saturated rings. The molecule has 2 nitrogen and oxygen atoms in total. The first-order chi connectivity index (χ1) is 8.24. The molecule has 1 aromatic carbocycles. The maximum atomic E-state index is 10.9. The van der Waals surface area contributed by atoms with E-state index in [-0.39, 0.29) is 0 Å². The first kappa shape index (κ1) is 10.8. The lowest BCUT2D eigenvalue weighted by molar-refractivity contribution is -0.138. The van der Waals surface area contributed by atoms with Crippen molar-refractivity contribution < 1.29 is 9.90 Å². The van der Waals surface area contributed by atoms with Gasteiger partial charge < -0.3 is 5.11 Å². The van der Waals surface area contributed by atoms with Crippen LogP contribution in [0.4, 0.5) is 0 Å². The fourth-order valence-electron chi connectivity index (χ4n) is 3.70. The van der Waals surface area contributed by atoms with Gasteiger partial charge in [0.05, 0.1) is 0 Å². The molecule has 1 N–H and O–H groups in total. The quantitative estimate of drug-likeness (QED) is 0.847. The van der Waals surface area contributed by atoms with Gasteiger partial charge in [-0.1, -0.05) is 18.2 Å². The summed E-state index contributed by atoms with van der Waals surface area (Å²) in [6.45, 7) is 0. The Balaban J connectivity index is 1.93. The Kier molecular flexibility index (Phi) is 2.65. The van der Waals surface area contributed by atoms with E-state index in [1.54, 1.807) is 5.56 Å². The van der Waals surface area contributed by atoms with E-state index in [1.807, 2.05) is 0 Å². The maximum Gasteiger partial charge on any atom is 0.303 e. The van der Waals surface area contributed by atoms with E-state index >= 15 is 0 Å². The largest absolute Gasteiger partial charge is 0.481 e. The number of hydrogen-bond donors (Lipinski definition) is 1. The molecule has 0 unspecified atom stereocenters. The van der Waals surface area contributed by atoms with Crippen LogP contribution in [-0.4, -0.2) is 11.1 Å². The molecule has 0 heterocycles. The molecule has 0 spiro atoms. The first-order valence-electron chi connectivity index (χ1n) is 6.56. The molecule has 2 aliphatic rings. The number of carbonyl (C=O) groups is 1. The molecular weight excluding hydrogens is 212 g/mol. The monoisotopic (exact) mass is 230 g/mol. The molecule has 0 aromatic heterocycles. The van der Waals surface area contributed by atoms with Gasteiger partial charge in [0.2, 0.25) is 0 Å². The minimum atomic E-state index is -0.648.